The summed E-state index contributed by atoms with van der Waals surface area (Å²) >= 11 is 0. The second-order valence-electron chi connectivity index (χ2n) is 6.19. The highest BCUT2D eigenvalue weighted by atomic mass is 16.5. The van der Waals surface area contributed by atoms with Crippen LogP contribution in [0.25, 0.3) is 6.08 Å². The molecule has 1 unspecified atom stereocenters. The maximum Gasteiger partial charge on any atom is 0.524 e. The van der Waals surface area contributed by atoms with E-state index in [1.54, 1.807) is 52.0 Å². The number of nitrogen functional groups attached to an aromatic ring is 1. The lowest BCUT2D eigenvalue weighted by Crippen LogP contribution is -2.64. The highest BCUT2D eigenvalue weighted by Crippen LogP contribution is 2.47. The van der Waals surface area contributed by atoms with Crippen molar-refractivity contribution in [3.8, 4) is 0 Å². The zero-order chi connectivity index (χ0) is 16.7. The Balaban J connectivity index is 2.80. The molecule has 1 atom stereocenters. The van der Waals surface area contributed by atoms with Crippen LogP contribution in [0, 0.1) is 0 Å². The molecule has 1 aromatic rings. The van der Waals surface area contributed by atoms with E-state index >= 15 is 0 Å². The third-order valence-corrected chi connectivity index (χ3v) is 3.85. The zero-order valence-corrected chi connectivity index (χ0v) is 13.2. The van der Waals surface area contributed by atoms with Crippen LogP contribution in [0.1, 0.15) is 33.3 Å². The van der Waals surface area contributed by atoms with Crippen molar-refractivity contribution in [3.63, 3.8) is 0 Å². The number of hydrogen-bond donors (Lipinski definition) is 2. The molecule has 1 amide bonds. The lowest BCUT2D eigenvalue weighted by Gasteiger charge is -2.40. The van der Waals surface area contributed by atoms with Gasteiger partial charge in [-0.25, -0.2) is 4.79 Å². The number of carbonyl (C=O) groups excluding carboxylic acids is 1. The number of esters is 1. The molecule has 0 radical (unpaired) electrons. The van der Waals surface area contributed by atoms with E-state index in [9.17, 15) is 14.7 Å². The van der Waals surface area contributed by atoms with E-state index in [0.717, 1.165) is 0 Å². The lowest BCUT2D eigenvalue weighted by atomic mass is 9.99. The maximum absolute atomic E-state index is 12.4. The first kappa shape index (κ1) is 16.0. The van der Waals surface area contributed by atoms with Gasteiger partial charge in [0.05, 0.1) is 6.61 Å². The topological polar surface area (TPSA) is 89.6 Å². The van der Waals surface area contributed by atoms with Gasteiger partial charge >= 0.3 is 12.1 Å². The highest BCUT2D eigenvalue weighted by Gasteiger charge is 2.60. The Morgan fingerprint density at radius 3 is 2.45 bits per heavy atom. The highest BCUT2D eigenvalue weighted by molar-refractivity contribution is 6.08. The molecule has 22 heavy (non-hydrogen) atoms. The quantitative estimate of drug-likeness (QED) is 0.498. The van der Waals surface area contributed by atoms with E-state index in [1.807, 2.05) is 0 Å². The number of benzene rings is 1. The van der Waals surface area contributed by atoms with Crippen molar-refractivity contribution in [2.45, 2.75) is 33.2 Å². The van der Waals surface area contributed by atoms with E-state index in [1.165, 1.54) is 0 Å². The number of quaternary nitrogens is 1. The van der Waals surface area contributed by atoms with Crippen LogP contribution in [0.3, 0.4) is 0 Å². The Morgan fingerprint density at radius 1 is 1.32 bits per heavy atom. The van der Waals surface area contributed by atoms with Crippen molar-refractivity contribution >= 4 is 29.5 Å². The van der Waals surface area contributed by atoms with Crippen LogP contribution < -0.4 is 10.2 Å². The molecule has 2 rings (SSSR count). The third-order valence-electron chi connectivity index (χ3n) is 3.85. The molecule has 0 aliphatic carbocycles. The van der Waals surface area contributed by atoms with Crippen molar-refractivity contribution in [2.75, 3.05) is 12.3 Å². The van der Waals surface area contributed by atoms with Crippen LogP contribution >= 0.6 is 0 Å². The molecule has 1 heterocycles. The summed E-state index contributed by atoms with van der Waals surface area (Å²) in [7, 11) is 0. The Morgan fingerprint density at radius 2 is 1.95 bits per heavy atom. The van der Waals surface area contributed by atoms with E-state index in [4.69, 9.17) is 10.5 Å². The number of rotatable bonds is 2. The number of ether oxygens (including phenoxy) is 1. The van der Waals surface area contributed by atoms with Crippen LogP contribution in [0.2, 0.25) is 0 Å². The number of anilines is 1. The molecule has 0 bridgehead atoms. The molecule has 1 aliphatic heterocycles. The Labute approximate surface area is 129 Å². The lowest BCUT2D eigenvalue weighted by molar-refractivity contribution is -0.140. The molecular formula is C16H21N2O4+. The molecule has 0 aromatic heterocycles. The smallest absolute Gasteiger partial charge is 0.458 e. The van der Waals surface area contributed by atoms with Crippen LogP contribution in [-0.4, -0.2) is 29.3 Å². The summed E-state index contributed by atoms with van der Waals surface area (Å²) in [4.78, 5) is 24.6. The number of carbonyl (C=O) groups is 2. The Bertz CT molecular complexity index is 673. The minimum atomic E-state index is -1.14. The first-order chi connectivity index (χ1) is 10.2. The molecule has 6 heteroatoms. The molecule has 0 saturated heterocycles. The van der Waals surface area contributed by atoms with Crippen molar-refractivity contribution in [1.82, 2.24) is 4.48 Å². The van der Waals surface area contributed by atoms with Crippen molar-refractivity contribution in [3.05, 3.63) is 29.5 Å². The van der Waals surface area contributed by atoms with E-state index in [2.05, 4.69) is 0 Å². The molecular weight excluding hydrogens is 284 g/mol. The van der Waals surface area contributed by atoms with Crippen LogP contribution in [0.15, 0.2) is 23.9 Å². The predicted molar refractivity (Wildman–Crippen MR) is 85.0 cm³/mol. The number of nitrogens with zero attached hydrogens (tertiary/aromatic N) is 1. The number of fused-ring (bicyclic) bond motifs is 1. The number of amides is 1. The molecule has 0 fully saturated rings. The van der Waals surface area contributed by atoms with Crippen molar-refractivity contribution < 1.29 is 19.4 Å². The number of nitrogens with two attached hydrogens (primary N) is 1. The van der Waals surface area contributed by atoms with Gasteiger partial charge in [0.2, 0.25) is 5.70 Å². The summed E-state index contributed by atoms with van der Waals surface area (Å²) in [5.41, 5.74) is 6.70. The van der Waals surface area contributed by atoms with Gasteiger partial charge in [0.15, 0.2) is 5.69 Å². The maximum atomic E-state index is 12.4. The van der Waals surface area contributed by atoms with Crippen molar-refractivity contribution in [1.29, 1.82) is 0 Å². The second kappa shape index (κ2) is 5.14. The monoisotopic (exact) mass is 305 g/mol. The number of carboxylic acid groups (broad SMARTS) is 1. The van der Waals surface area contributed by atoms with Crippen LogP contribution in [0.4, 0.5) is 16.2 Å². The van der Waals surface area contributed by atoms with Crippen molar-refractivity contribution in [2.24, 2.45) is 0 Å². The predicted octanol–water partition coefficient (Wildman–Crippen LogP) is 2.97. The van der Waals surface area contributed by atoms with Gasteiger partial charge in [-0.2, -0.15) is 4.79 Å². The van der Waals surface area contributed by atoms with Gasteiger partial charge in [-0.3, -0.25) is 0 Å². The molecule has 1 aliphatic rings. The largest absolute Gasteiger partial charge is 0.524 e. The standard InChI is InChI=1S/C16H20N2O4/c1-5-22-14(19)13-8-10-6-7-11(17)9-12(10)18(13,15(20)21)16(2,3)4/h6-9H,5H2,1-4H3,(H2-,17,19,20,21)/p+1. The van der Waals surface area contributed by atoms with E-state index in [0.29, 0.717) is 16.9 Å². The molecule has 3 N–H and O–H groups in total. The van der Waals surface area contributed by atoms with Crippen LogP contribution in [0.5, 0.6) is 0 Å². The average molecular weight is 305 g/mol. The van der Waals surface area contributed by atoms with Gasteiger partial charge < -0.3 is 15.6 Å². The van der Waals surface area contributed by atoms with E-state index < -0.39 is 22.1 Å². The fraction of sp³-hybridized carbons (Fsp3) is 0.375. The van der Waals surface area contributed by atoms with Gasteiger partial charge in [-0.15, -0.1) is 4.48 Å². The summed E-state index contributed by atoms with van der Waals surface area (Å²) in [6.45, 7) is 7.18. The molecule has 0 saturated carbocycles. The normalized spacial score (nSPS) is 20.3. The number of hydrogen-bond acceptors (Lipinski definition) is 4. The summed E-state index contributed by atoms with van der Waals surface area (Å²) in [6.07, 6.45) is 0.433. The summed E-state index contributed by atoms with van der Waals surface area (Å²) < 4.78 is 4.44. The molecule has 6 nitrogen and oxygen atoms in total. The summed E-state index contributed by atoms with van der Waals surface area (Å²) in [6, 6.07) is 5.01. The zero-order valence-electron chi connectivity index (χ0n) is 13.2. The molecule has 1 aromatic carbocycles. The molecule has 0 spiro atoms. The van der Waals surface area contributed by atoms with Gasteiger partial charge in [-0.1, -0.05) is 0 Å². The van der Waals surface area contributed by atoms with Gasteiger partial charge in [0, 0.05) is 23.4 Å². The average Bonchev–Trinajstić information content (AvgIpc) is 2.73. The minimum Gasteiger partial charge on any atom is -0.458 e. The first-order valence-electron chi connectivity index (χ1n) is 7.08. The van der Waals surface area contributed by atoms with Crippen LogP contribution in [-0.2, 0) is 9.53 Å². The van der Waals surface area contributed by atoms with Gasteiger partial charge in [0.1, 0.15) is 5.54 Å². The SMILES string of the molecule is CCOC(=O)C1=Cc2ccc(N)cc2[N+]1(C(=O)O)C(C)(C)C. The first-order valence-corrected chi connectivity index (χ1v) is 7.08. The Kier molecular flexibility index (Phi) is 3.74. The second-order valence-corrected chi connectivity index (χ2v) is 6.19. The Hall–Kier alpha value is -2.34. The van der Waals surface area contributed by atoms with E-state index in [-0.39, 0.29) is 12.3 Å². The third kappa shape index (κ3) is 2.07. The molecule has 118 valence electrons. The fourth-order valence-electron chi connectivity index (χ4n) is 2.96. The summed E-state index contributed by atoms with van der Waals surface area (Å²) in [5.74, 6) is -0.630. The fourth-order valence-corrected chi connectivity index (χ4v) is 2.96. The summed E-state index contributed by atoms with van der Waals surface area (Å²) in [5, 5.41) is 10.0. The van der Waals surface area contributed by atoms with Gasteiger partial charge in [-0.05, 0) is 39.8 Å². The van der Waals surface area contributed by atoms with Gasteiger partial charge in [0.25, 0.3) is 0 Å². The minimum absolute atomic E-state index is 0.0856.